The van der Waals surface area contributed by atoms with Crippen molar-refractivity contribution in [3.05, 3.63) is 29.8 Å². The van der Waals surface area contributed by atoms with E-state index in [9.17, 15) is 13.2 Å². The zero-order valence-corrected chi connectivity index (χ0v) is 16.3. The molecule has 1 saturated heterocycles. The molecule has 1 aliphatic rings. The van der Waals surface area contributed by atoms with Gasteiger partial charge < -0.3 is 10.6 Å². The van der Waals surface area contributed by atoms with Crippen molar-refractivity contribution in [2.75, 3.05) is 13.1 Å². The summed E-state index contributed by atoms with van der Waals surface area (Å²) in [4.78, 5) is 14.7. The molecular weight excluding hydrogens is 338 g/mol. The second-order valence-corrected chi connectivity index (χ2v) is 9.28. The van der Waals surface area contributed by atoms with E-state index in [0.717, 1.165) is 6.42 Å². The monoisotopic (exact) mass is 367 g/mol. The summed E-state index contributed by atoms with van der Waals surface area (Å²) in [7, 11) is -3.56. The molecule has 2 unspecified atom stereocenters. The Morgan fingerprint density at radius 3 is 2.48 bits per heavy atom. The molecule has 0 radical (unpaired) electrons. The molecule has 0 aliphatic carbocycles. The normalized spacial score (nSPS) is 21.8. The van der Waals surface area contributed by atoms with Gasteiger partial charge in [-0.3, -0.25) is 4.79 Å². The average Bonchev–Trinajstić information content (AvgIpc) is 2.56. The van der Waals surface area contributed by atoms with Gasteiger partial charge in [0.15, 0.2) is 0 Å². The minimum absolute atomic E-state index is 0.0794. The van der Waals surface area contributed by atoms with Gasteiger partial charge in [-0.05, 0) is 49.4 Å². The predicted octanol–water partition coefficient (Wildman–Crippen LogP) is 1.96. The molecule has 2 rings (SSSR count). The molecule has 1 fully saturated rings. The third kappa shape index (κ3) is 4.59. The maximum absolute atomic E-state index is 12.7. The van der Waals surface area contributed by atoms with E-state index >= 15 is 0 Å². The van der Waals surface area contributed by atoms with Gasteiger partial charge >= 0.3 is 0 Å². The SMILES string of the molecule is CCC(C)NS(=O)(=O)c1ccc(C(=O)N2CCC(N)C(C)(C)C2)cc1. The molecule has 0 spiro atoms. The van der Waals surface area contributed by atoms with E-state index in [1.165, 1.54) is 12.1 Å². The first-order chi connectivity index (χ1) is 11.6. The highest BCUT2D eigenvalue weighted by Gasteiger charge is 2.35. The summed E-state index contributed by atoms with van der Waals surface area (Å²) in [6.07, 6.45) is 1.48. The number of hydrogen-bond acceptors (Lipinski definition) is 4. The molecule has 1 aliphatic heterocycles. The fourth-order valence-electron chi connectivity index (χ4n) is 2.92. The quantitative estimate of drug-likeness (QED) is 0.832. The van der Waals surface area contributed by atoms with Gasteiger partial charge in [-0.2, -0.15) is 0 Å². The van der Waals surface area contributed by atoms with Crippen LogP contribution in [0, 0.1) is 5.41 Å². The second kappa shape index (κ2) is 7.43. The van der Waals surface area contributed by atoms with Crippen molar-refractivity contribution in [2.45, 2.75) is 57.5 Å². The predicted molar refractivity (Wildman–Crippen MR) is 98.8 cm³/mol. The van der Waals surface area contributed by atoms with Gasteiger partial charge in [0.1, 0.15) is 0 Å². The van der Waals surface area contributed by atoms with E-state index < -0.39 is 10.0 Å². The Hall–Kier alpha value is -1.44. The van der Waals surface area contributed by atoms with E-state index in [0.29, 0.717) is 25.1 Å². The Kier molecular flexibility index (Phi) is 5.91. The van der Waals surface area contributed by atoms with E-state index in [1.807, 2.05) is 13.8 Å². The summed E-state index contributed by atoms with van der Waals surface area (Å²) in [6.45, 7) is 9.08. The third-order valence-electron chi connectivity index (χ3n) is 4.98. The molecule has 6 nitrogen and oxygen atoms in total. The summed E-state index contributed by atoms with van der Waals surface area (Å²) >= 11 is 0. The Bertz CT molecular complexity index is 714. The number of nitrogens with zero attached hydrogens (tertiary/aromatic N) is 1. The number of benzene rings is 1. The first-order valence-corrected chi connectivity index (χ1v) is 10.2. The maximum Gasteiger partial charge on any atom is 0.253 e. The number of carbonyl (C=O) groups excluding carboxylic acids is 1. The maximum atomic E-state index is 12.7. The Morgan fingerprint density at radius 1 is 1.36 bits per heavy atom. The number of nitrogens with two attached hydrogens (primary N) is 1. The lowest BCUT2D eigenvalue weighted by molar-refractivity contribution is 0.0533. The Labute approximate surface area is 150 Å². The molecule has 1 heterocycles. The highest BCUT2D eigenvalue weighted by Crippen LogP contribution is 2.28. The Balaban J connectivity index is 2.13. The number of likely N-dealkylation sites (tertiary alicyclic amines) is 1. The van der Waals surface area contributed by atoms with Gasteiger partial charge in [-0.15, -0.1) is 0 Å². The molecule has 140 valence electrons. The van der Waals surface area contributed by atoms with Crippen molar-refractivity contribution >= 4 is 15.9 Å². The highest BCUT2D eigenvalue weighted by molar-refractivity contribution is 7.89. The molecule has 2 atom stereocenters. The van der Waals surface area contributed by atoms with Crippen LogP contribution in [0.25, 0.3) is 0 Å². The molecule has 0 aromatic heterocycles. The zero-order chi connectivity index (χ0) is 18.8. The fraction of sp³-hybridized carbons (Fsp3) is 0.611. The molecule has 1 aromatic rings. The van der Waals surface area contributed by atoms with Crippen molar-refractivity contribution in [3.8, 4) is 0 Å². The summed E-state index contributed by atoms with van der Waals surface area (Å²) in [5.74, 6) is -0.0844. The Morgan fingerprint density at radius 2 is 1.96 bits per heavy atom. The van der Waals surface area contributed by atoms with Crippen LogP contribution >= 0.6 is 0 Å². The van der Waals surface area contributed by atoms with Gasteiger partial charge in [0.25, 0.3) is 5.91 Å². The third-order valence-corrected chi connectivity index (χ3v) is 6.59. The lowest BCUT2D eigenvalue weighted by atomic mass is 9.79. The number of rotatable bonds is 5. The highest BCUT2D eigenvalue weighted by atomic mass is 32.2. The topological polar surface area (TPSA) is 92.5 Å². The molecular formula is C18H29N3O3S. The summed E-state index contributed by atoms with van der Waals surface area (Å²) in [6, 6.07) is 6.07. The lowest BCUT2D eigenvalue weighted by Gasteiger charge is -2.42. The van der Waals surface area contributed by atoms with Gasteiger partial charge in [-0.25, -0.2) is 13.1 Å². The minimum atomic E-state index is -3.56. The van der Waals surface area contributed by atoms with Crippen LogP contribution in [0.1, 0.15) is 50.9 Å². The summed E-state index contributed by atoms with van der Waals surface area (Å²) in [5, 5.41) is 0. The second-order valence-electron chi connectivity index (χ2n) is 7.57. The number of sulfonamides is 1. The number of hydrogen-bond donors (Lipinski definition) is 2. The van der Waals surface area contributed by atoms with Crippen LogP contribution in [0.5, 0.6) is 0 Å². The van der Waals surface area contributed by atoms with Crippen molar-refractivity contribution < 1.29 is 13.2 Å². The number of amides is 1. The van der Waals surface area contributed by atoms with Gasteiger partial charge in [0.2, 0.25) is 10.0 Å². The summed E-state index contributed by atoms with van der Waals surface area (Å²) < 4.78 is 27.2. The van der Waals surface area contributed by atoms with Crippen LogP contribution in [0.15, 0.2) is 29.2 Å². The number of nitrogens with one attached hydrogen (secondary N) is 1. The fourth-order valence-corrected chi connectivity index (χ4v) is 4.25. The molecule has 1 aromatic carbocycles. The number of carbonyl (C=O) groups is 1. The first kappa shape index (κ1) is 19.9. The van der Waals surface area contributed by atoms with E-state index in [4.69, 9.17) is 5.73 Å². The van der Waals surface area contributed by atoms with Crippen LogP contribution in [-0.2, 0) is 10.0 Å². The lowest BCUT2D eigenvalue weighted by Crippen LogP contribution is -2.54. The largest absolute Gasteiger partial charge is 0.338 e. The molecule has 25 heavy (non-hydrogen) atoms. The molecule has 7 heteroatoms. The van der Waals surface area contributed by atoms with Crippen LogP contribution in [0.3, 0.4) is 0 Å². The van der Waals surface area contributed by atoms with Crippen LogP contribution in [-0.4, -0.2) is 44.4 Å². The van der Waals surface area contributed by atoms with Gasteiger partial charge in [0.05, 0.1) is 4.90 Å². The standard InChI is InChI=1S/C18H29N3O3S/c1-5-13(2)20-25(23,24)15-8-6-14(7-9-15)17(22)21-11-10-16(19)18(3,4)12-21/h6-9,13,16,20H,5,10-12,19H2,1-4H3. The molecule has 3 N–H and O–H groups in total. The molecule has 1 amide bonds. The van der Waals surface area contributed by atoms with Crippen molar-refractivity contribution in [1.82, 2.24) is 9.62 Å². The zero-order valence-electron chi connectivity index (χ0n) is 15.5. The smallest absolute Gasteiger partial charge is 0.253 e. The van der Waals surface area contributed by atoms with Crippen LogP contribution in [0.4, 0.5) is 0 Å². The van der Waals surface area contributed by atoms with Crippen LogP contribution in [0.2, 0.25) is 0 Å². The minimum Gasteiger partial charge on any atom is -0.338 e. The molecule has 0 bridgehead atoms. The summed E-state index contributed by atoms with van der Waals surface area (Å²) in [5.41, 5.74) is 6.49. The average molecular weight is 368 g/mol. The van der Waals surface area contributed by atoms with E-state index in [2.05, 4.69) is 18.6 Å². The van der Waals surface area contributed by atoms with Crippen LogP contribution < -0.4 is 10.5 Å². The first-order valence-electron chi connectivity index (χ1n) is 8.74. The van der Waals surface area contributed by atoms with Crippen molar-refractivity contribution in [3.63, 3.8) is 0 Å². The van der Waals surface area contributed by atoms with Gasteiger partial charge in [-0.1, -0.05) is 20.8 Å². The van der Waals surface area contributed by atoms with Crippen molar-refractivity contribution in [1.29, 1.82) is 0 Å². The molecule has 0 saturated carbocycles. The van der Waals surface area contributed by atoms with E-state index in [1.54, 1.807) is 17.0 Å². The van der Waals surface area contributed by atoms with Gasteiger partial charge in [0, 0.05) is 30.7 Å². The van der Waals surface area contributed by atoms with E-state index in [-0.39, 0.29) is 28.3 Å². The van der Waals surface area contributed by atoms with Crippen molar-refractivity contribution in [2.24, 2.45) is 11.1 Å². The number of piperidine rings is 1.